The van der Waals surface area contributed by atoms with E-state index in [0.29, 0.717) is 0 Å². The molecule has 660 valence electrons. The molecule has 31 rings (SSSR count). The van der Waals surface area contributed by atoms with Gasteiger partial charge in [0.15, 0.2) is 0 Å². The molecule has 9 nitrogen and oxygen atoms in total. The Hall–Kier alpha value is -18.7. The Morgan fingerprint density at radius 1 is 0.169 bits per heavy atom. The van der Waals surface area contributed by atoms with Crippen molar-refractivity contribution in [1.29, 1.82) is 0 Å². The van der Waals surface area contributed by atoms with Crippen molar-refractivity contribution in [2.75, 3.05) is 0 Å². The molecular weight excluding hydrogens is 1720 g/mol. The van der Waals surface area contributed by atoms with Gasteiger partial charge in [0.25, 0.3) is 0 Å². The molecule has 0 saturated heterocycles. The van der Waals surface area contributed by atoms with Gasteiger partial charge in [-0.3, -0.25) is 0 Å². The fourth-order valence-electron chi connectivity index (χ4n) is 24.0. The molecule has 0 atom stereocenters. The largest absolute Gasteiger partial charge is 0.309 e. The molecule has 0 spiro atoms. The zero-order valence-electron chi connectivity index (χ0n) is 77.5. The third-order valence-corrected chi connectivity index (χ3v) is 30.5. The highest BCUT2D eigenvalue weighted by Crippen LogP contribution is 2.54. The smallest absolute Gasteiger partial charge is 0.0976 e. The fourth-order valence-corrected chi connectivity index (χ4v) is 24.0. The highest BCUT2D eigenvalue weighted by molar-refractivity contribution is 6.20. The van der Waals surface area contributed by atoms with Crippen LogP contribution in [0.1, 0.15) is 25.0 Å². The van der Waals surface area contributed by atoms with Gasteiger partial charge >= 0.3 is 0 Å². The summed E-state index contributed by atoms with van der Waals surface area (Å²) in [5.74, 6) is 0. The topological polar surface area (TPSA) is 76.2 Å². The summed E-state index contributed by atoms with van der Waals surface area (Å²) in [5.41, 5.74) is 33.9. The quantitative estimate of drug-likeness (QED) is 0.144. The van der Waals surface area contributed by atoms with Gasteiger partial charge in [-0.05, 0) is 263 Å². The lowest BCUT2D eigenvalue weighted by Crippen LogP contribution is -2.16. The van der Waals surface area contributed by atoms with Gasteiger partial charge in [-0.1, -0.05) is 299 Å². The summed E-state index contributed by atoms with van der Waals surface area (Å²) < 4.78 is 12.1. The summed E-state index contributed by atoms with van der Waals surface area (Å²) >= 11 is 0. The molecule has 0 unspecified atom stereocenters. The number of aromatic nitrogens is 9. The predicted octanol–water partition coefficient (Wildman–Crippen LogP) is 34.6. The molecule has 0 bridgehead atoms. The zero-order chi connectivity index (χ0) is 93.3. The van der Waals surface area contributed by atoms with Crippen LogP contribution in [0.3, 0.4) is 0 Å². The van der Waals surface area contributed by atoms with Gasteiger partial charge in [0.1, 0.15) is 0 Å². The first-order valence-electron chi connectivity index (χ1n) is 48.9. The summed E-state index contributed by atoms with van der Waals surface area (Å²) in [4.78, 5) is 21.6. The second-order valence-electron chi connectivity index (χ2n) is 38.7. The Bertz CT molecular complexity index is 10700. The number of nitrogens with zero attached hydrogens (tertiary/aromatic N) is 9. The number of hydrogen-bond donors (Lipinski definition) is 0. The lowest BCUT2D eigenvalue weighted by Gasteiger charge is -2.25. The molecule has 23 aromatic carbocycles. The van der Waals surface area contributed by atoms with Crippen molar-refractivity contribution in [3.8, 4) is 84.6 Å². The Balaban J connectivity index is 0.000000133. The van der Waals surface area contributed by atoms with Crippen LogP contribution < -0.4 is 0 Å². The van der Waals surface area contributed by atoms with E-state index in [4.69, 9.17) is 19.9 Å². The van der Waals surface area contributed by atoms with Gasteiger partial charge in [0.05, 0.1) is 106 Å². The Morgan fingerprint density at radius 3 is 1.00 bits per heavy atom. The molecule has 0 saturated carbocycles. The van der Waals surface area contributed by atoms with Crippen LogP contribution in [0.2, 0.25) is 0 Å². The normalized spacial score (nSPS) is 12.6. The minimum Gasteiger partial charge on any atom is -0.309 e. The van der Waals surface area contributed by atoms with Crippen molar-refractivity contribution in [3.05, 3.63) is 478 Å². The van der Waals surface area contributed by atoms with Crippen molar-refractivity contribution < 1.29 is 0 Å². The van der Waals surface area contributed by atoms with E-state index in [1.165, 1.54) is 174 Å². The van der Waals surface area contributed by atoms with E-state index in [0.717, 1.165) is 117 Å². The average molecular weight is 1810 g/mol. The number of benzene rings is 23. The molecular formula is C133H83N9. The molecule has 9 heteroatoms. The van der Waals surface area contributed by atoms with Crippen molar-refractivity contribution in [1.82, 2.24) is 42.8 Å². The number of fused-ring (bicyclic) bond motifs is 26. The third kappa shape index (κ3) is 12.1. The SMILES string of the molecule is CC1(C)c2ccccc2-c2cccc(-c3nc4ccccc4nc3-c3ccc4c(-n5c6ccccc6c6cc7cc(-n8c9ccccc9c9cc%10ccccc%10cc98)ccc7cc65)cccc4c3)c21.c1ccc(-n2c3ccccc3c3cc(-c4nc5ccccc5nc4-c4ccc5cc(-n6c7ccccc7c7cc8cc(-n9c%10ccccc%10c%10cc%11ccccc%11cc%109)ccc8cc76)ccc5c4)ccc32)cc1. The van der Waals surface area contributed by atoms with Crippen molar-refractivity contribution >= 4 is 196 Å². The first-order valence-corrected chi connectivity index (χ1v) is 48.9. The van der Waals surface area contributed by atoms with Gasteiger partial charge < -0.3 is 22.8 Å². The Labute approximate surface area is 814 Å². The first kappa shape index (κ1) is 79.5. The molecule has 0 aliphatic heterocycles. The van der Waals surface area contributed by atoms with Gasteiger partial charge in [0.2, 0.25) is 0 Å². The fraction of sp³-hybridized carbons (Fsp3) is 0.0226. The maximum atomic E-state index is 5.45. The van der Waals surface area contributed by atoms with E-state index in [2.05, 4.69) is 486 Å². The molecule has 1 aliphatic carbocycles. The second-order valence-corrected chi connectivity index (χ2v) is 38.7. The van der Waals surface area contributed by atoms with Crippen LogP contribution in [-0.4, -0.2) is 42.8 Å². The van der Waals surface area contributed by atoms with Crippen LogP contribution in [0.5, 0.6) is 0 Å². The zero-order valence-corrected chi connectivity index (χ0v) is 77.5. The van der Waals surface area contributed by atoms with E-state index >= 15 is 0 Å². The van der Waals surface area contributed by atoms with Crippen molar-refractivity contribution in [3.63, 3.8) is 0 Å². The van der Waals surface area contributed by atoms with Gasteiger partial charge in [-0.25, -0.2) is 19.9 Å². The maximum absolute atomic E-state index is 5.45. The molecule has 30 aromatic rings. The third-order valence-electron chi connectivity index (χ3n) is 30.5. The van der Waals surface area contributed by atoms with E-state index in [1.807, 2.05) is 18.2 Å². The van der Waals surface area contributed by atoms with E-state index in [1.54, 1.807) is 0 Å². The molecule has 7 aromatic heterocycles. The van der Waals surface area contributed by atoms with Crippen LogP contribution in [-0.2, 0) is 5.41 Å². The summed E-state index contributed by atoms with van der Waals surface area (Å²) in [5, 5.41) is 26.8. The second kappa shape index (κ2) is 30.7. The van der Waals surface area contributed by atoms with Crippen LogP contribution in [0.25, 0.3) is 280 Å². The lowest BCUT2D eigenvalue weighted by molar-refractivity contribution is 0.662. The number of hydrogen-bond acceptors (Lipinski definition) is 4. The maximum Gasteiger partial charge on any atom is 0.0976 e. The lowest BCUT2D eigenvalue weighted by atomic mass is 9.79. The van der Waals surface area contributed by atoms with Gasteiger partial charge in [-0.15, -0.1) is 0 Å². The molecule has 0 fully saturated rings. The molecule has 142 heavy (non-hydrogen) atoms. The molecule has 0 N–H and O–H groups in total. The van der Waals surface area contributed by atoms with Crippen molar-refractivity contribution in [2.24, 2.45) is 0 Å². The minimum absolute atomic E-state index is 0.205. The van der Waals surface area contributed by atoms with Crippen LogP contribution in [0.4, 0.5) is 0 Å². The highest BCUT2D eigenvalue weighted by Gasteiger charge is 2.39. The van der Waals surface area contributed by atoms with E-state index < -0.39 is 0 Å². The van der Waals surface area contributed by atoms with Crippen molar-refractivity contribution in [2.45, 2.75) is 19.3 Å². The molecule has 1 aliphatic rings. The van der Waals surface area contributed by atoms with Gasteiger partial charge in [-0.2, -0.15) is 0 Å². The van der Waals surface area contributed by atoms with E-state index in [-0.39, 0.29) is 5.41 Å². The molecule has 0 amide bonds. The minimum atomic E-state index is -0.205. The Kier molecular flexibility index (Phi) is 17.2. The Morgan fingerprint density at radius 2 is 0.486 bits per heavy atom. The van der Waals surface area contributed by atoms with Crippen LogP contribution in [0, 0.1) is 0 Å². The number of para-hydroxylation sites is 10. The standard InChI is InChI=1S/C68H41N5.C65H42N4/c1-2-16-50(17-3-1)71-61-23-11-6-18-53(61)56-38-48(30-33-64(56)71)68-67(69-59-21-9-10-22-60(59)70-68)47-27-26-45-35-51(31-28-44(45)34-47)72-63-25-13-8-20-55(63)58-39-49-36-52(32-29-46(49)41-66(58)72)73-62-24-12-7-19-54(62)57-37-42-14-4-5-15-43(42)40-65(57)73;1-65(2)54-23-8-5-18-47(54)50-21-14-22-51(62(50)65)64-63(66-55-24-9-10-25-56(55)67-64)43-30-32-46-42(33-43)17-13-28-57(46)69-59-27-12-7-20-49(59)53-36-44-34-45(31-29-41(44)38-61(53)69)68-58-26-11-6-19-48(58)52-35-39-15-3-4-16-40(39)37-60(52)68/h1-41H;3-38H,1-2H3. The molecule has 7 heterocycles. The summed E-state index contributed by atoms with van der Waals surface area (Å²) in [7, 11) is 0. The van der Waals surface area contributed by atoms with Crippen LogP contribution in [0.15, 0.2) is 467 Å². The average Bonchev–Trinajstić information content (AvgIpc) is 1.56. The van der Waals surface area contributed by atoms with E-state index in [9.17, 15) is 0 Å². The monoisotopic (exact) mass is 1810 g/mol. The summed E-state index contributed by atoms with van der Waals surface area (Å²) in [6.07, 6.45) is 0. The van der Waals surface area contributed by atoms with Crippen LogP contribution >= 0.6 is 0 Å². The number of rotatable bonds is 9. The first-order chi connectivity index (χ1) is 70.1. The predicted molar refractivity (Wildman–Crippen MR) is 595 cm³/mol. The summed E-state index contributed by atoms with van der Waals surface area (Å²) in [6, 6.07) is 171. The summed E-state index contributed by atoms with van der Waals surface area (Å²) in [6.45, 7) is 4.69. The molecule has 0 radical (unpaired) electrons. The highest BCUT2D eigenvalue weighted by atomic mass is 15.0. The van der Waals surface area contributed by atoms with Gasteiger partial charge in [0, 0.05) is 110 Å².